The van der Waals surface area contributed by atoms with Crippen LogP contribution in [0.25, 0.3) is 5.78 Å². The Morgan fingerprint density at radius 3 is 2.70 bits per heavy atom. The molecule has 3 aromatic rings. The standard InChI is InChI=1S/C30H37F5N8O3/c1-2-42-23(7-10-37-42)27(45)39-24(17-5-8-29(31,32)9-6-17)22-15-43-28(38-22)40-25(18-4-3-11-46-16-18)21(41-43)13-19-12-20(30(33,34)35)14-36-26(19)44/h7,10,15,17-20,24H,2-6,8-9,11-14,16H2,1H3,(H,36,44)(H,39,45)/t18?,19-,20-,24+/m1/s1. The second kappa shape index (κ2) is 12.8. The van der Waals surface area contributed by atoms with Crippen LogP contribution >= 0.6 is 0 Å². The molecule has 1 unspecified atom stereocenters. The fourth-order valence-corrected chi connectivity index (χ4v) is 6.84. The van der Waals surface area contributed by atoms with Gasteiger partial charge in [0.05, 0.1) is 41.8 Å². The predicted octanol–water partition coefficient (Wildman–Crippen LogP) is 4.39. The summed E-state index contributed by atoms with van der Waals surface area (Å²) in [5.74, 6) is -6.65. The summed E-state index contributed by atoms with van der Waals surface area (Å²) in [6.07, 6.45) is -0.634. The number of alkyl halides is 5. The average Bonchev–Trinajstić information content (AvgIpc) is 3.67. The van der Waals surface area contributed by atoms with Crippen LogP contribution in [0.3, 0.4) is 0 Å². The average molecular weight is 653 g/mol. The number of hydrogen-bond acceptors (Lipinski definition) is 7. The zero-order valence-electron chi connectivity index (χ0n) is 25.4. The van der Waals surface area contributed by atoms with Crippen molar-refractivity contribution in [1.82, 2.24) is 40.0 Å². The lowest BCUT2D eigenvalue weighted by Crippen LogP contribution is -2.47. The van der Waals surface area contributed by atoms with Gasteiger partial charge >= 0.3 is 6.18 Å². The van der Waals surface area contributed by atoms with Crippen molar-refractivity contribution in [3.05, 3.63) is 41.2 Å². The molecule has 3 aromatic heterocycles. The number of carbonyl (C=O) groups is 2. The summed E-state index contributed by atoms with van der Waals surface area (Å²) in [6.45, 7) is 2.75. The number of nitrogens with one attached hydrogen (secondary N) is 2. The maximum Gasteiger partial charge on any atom is 0.393 e. The number of piperidine rings is 1. The van der Waals surface area contributed by atoms with Gasteiger partial charge in [-0.15, -0.1) is 0 Å². The Labute approximate surface area is 261 Å². The Morgan fingerprint density at radius 2 is 2.00 bits per heavy atom. The normalized spacial score (nSPS) is 24.9. The number of aromatic nitrogens is 6. The third-order valence-corrected chi connectivity index (χ3v) is 9.43. The lowest BCUT2D eigenvalue weighted by molar-refractivity contribution is -0.183. The molecule has 2 saturated heterocycles. The molecule has 0 radical (unpaired) electrons. The van der Waals surface area contributed by atoms with E-state index in [1.807, 2.05) is 6.92 Å². The number of hydrogen-bond donors (Lipinski definition) is 2. The number of nitrogens with zero attached hydrogens (tertiary/aromatic N) is 6. The highest BCUT2D eigenvalue weighted by atomic mass is 19.4. The van der Waals surface area contributed by atoms with Gasteiger partial charge in [0.2, 0.25) is 11.8 Å². The molecule has 0 spiro atoms. The van der Waals surface area contributed by atoms with E-state index in [1.54, 1.807) is 12.3 Å². The number of fused-ring (bicyclic) bond motifs is 1. The van der Waals surface area contributed by atoms with Crippen LogP contribution in [0.2, 0.25) is 0 Å². The van der Waals surface area contributed by atoms with Crippen LogP contribution in [0, 0.1) is 17.8 Å². The number of imidazole rings is 1. The molecule has 2 N–H and O–H groups in total. The monoisotopic (exact) mass is 652 g/mol. The maximum atomic E-state index is 14.1. The Morgan fingerprint density at radius 1 is 1.22 bits per heavy atom. The SMILES string of the molecule is CCn1nccc1C(=O)N[C@H](c1cn2nc(C[C@H]3C[C@@H](C(F)(F)F)CNC3=O)c(C3CCCOC3)nc2n1)C1CCC(F)(F)CC1. The summed E-state index contributed by atoms with van der Waals surface area (Å²) >= 11 is 0. The molecule has 6 rings (SSSR count). The summed E-state index contributed by atoms with van der Waals surface area (Å²) in [5, 5.41) is 14.3. The van der Waals surface area contributed by atoms with Gasteiger partial charge in [0.25, 0.3) is 11.7 Å². The fraction of sp³-hybridized carbons (Fsp3) is 0.667. The molecule has 3 fully saturated rings. The summed E-state index contributed by atoms with van der Waals surface area (Å²) in [4.78, 5) is 35.6. The highest BCUT2D eigenvalue weighted by Gasteiger charge is 2.45. The van der Waals surface area contributed by atoms with Crippen molar-refractivity contribution in [2.45, 2.75) is 88.9 Å². The Kier molecular flexibility index (Phi) is 9.00. The molecule has 3 aliphatic rings. The minimum absolute atomic E-state index is 0.0560. The number of aryl methyl sites for hydroxylation is 1. The molecule has 0 bridgehead atoms. The molecule has 0 aromatic carbocycles. The van der Waals surface area contributed by atoms with Crippen LogP contribution in [-0.2, 0) is 22.5 Å². The van der Waals surface area contributed by atoms with E-state index in [0.29, 0.717) is 49.0 Å². The lowest BCUT2D eigenvalue weighted by Gasteiger charge is -2.33. The Balaban J connectivity index is 1.35. The van der Waals surface area contributed by atoms with Crippen LogP contribution < -0.4 is 10.6 Å². The van der Waals surface area contributed by atoms with Crippen LogP contribution in [0.4, 0.5) is 22.0 Å². The molecule has 46 heavy (non-hydrogen) atoms. The van der Waals surface area contributed by atoms with Crippen LogP contribution in [0.5, 0.6) is 0 Å². The molecule has 1 aliphatic carbocycles. The Bertz CT molecular complexity index is 1560. The van der Waals surface area contributed by atoms with E-state index >= 15 is 0 Å². The fourth-order valence-electron chi connectivity index (χ4n) is 6.84. The third kappa shape index (κ3) is 6.86. The first-order valence-corrected chi connectivity index (χ1v) is 15.8. The van der Waals surface area contributed by atoms with Crippen molar-refractivity contribution in [3.63, 3.8) is 0 Å². The summed E-state index contributed by atoms with van der Waals surface area (Å²) in [6, 6.07) is 0.835. The van der Waals surface area contributed by atoms with Crippen LogP contribution in [0.15, 0.2) is 18.5 Å². The molecule has 250 valence electrons. The van der Waals surface area contributed by atoms with E-state index in [1.165, 1.54) is 15.4 Å². The number of amides is 2. The first kappa shape index (κ1) is 32.3. The van der Waals surface area contributed by atoms with Gasteiger partial charge in [-0.25, -0.2) is 23.3 Å². The van der Waals surface area contributed by atoms with Gasteiger partial charge in [0, 0.05) is 57.0 Å². The largest absolute Gasteiger partial charge is 0.393 e. The summed E-state index contributed by atoms with van der Waals surface area (Å²) in [7, 11) is 0. The second-order valence-corrected chi connectivity index (χ2v) is 12.6. The van der Waals surface area contributed by atoms with Gasteiger partial charge in [0.1, 0.15) is 5.69 Å². The zero-order chi connectivity index (χ0) is 32.6. The van der Waals surface area contributed by atoms with E-state index in [4.69, 9.17) is 19.8 Å². The third-order valence-electron chi connectivity index (χ3n) is 9.43. The van der Waals surface area contributed by atoms with Crippen LogP contribution in [0.1, 0.15) is 91.4 Å². The highest BCUT2D eigenvalue weighted by molar-refractivity contribution is 5.92. The minimum atomic E-state index is -4.45. The number of rotatable bonds is 8. The molecular weight excluding hydrogens is 615 g/mol. The van der Waals surface area contributed by atoms with Gasteiger partial charge in [-0.2, -0.15) is 23.4 Å². The van der Waals surface area contributed by atoms with Crippen molar-refractivity contribution in [1.29, 1.82) is 0 Å². The quantitative estimate of drug-likeness (QED) is 0.346. The van der Waals surface area contributed by atoms with Crippen molar-refractivity contribution in [3.8, 4) is 0 Å². The zero-order valence-corrected chi connectivity index (χ0v) is 25.4. The van der Waals surface area contributed by atoms with Gasteiger partial charge in [-0.3, -0.25) is 14.3 Å². The molecule has 4 atom stereocenters. The first-order chi connectivity index (χ1) is 21.9. The molecule has 16 heteroatoms. The number of ether oxygens (including phenoxy) is 1. The lowest BCUT2D eigenvalue weighted by atomic mass is 9.81. The summed E-state index contributed by atoms with van der Waals surface area (Å²) in [5.41, 5.74) is 1.58. The predicted molar refractivity (Wildman–Crippen MR) is 153 cm³/mol. The molecule has 2 amide bonds. The summed E-state index contributed by atoms with van der Waals surface area (Å²) < 4.78 is 77.6. The van der Waals surface area contributed by atoms with E-state index in [2.05, 4.69) is 15.7 Å². The van der Waals surface area contributed by atoms with Gasteiger partial charge in [-0.1, -0.05) is 0 Å². The second-order valence-electron chi connectivity index (χ2n) is 12.6. The Hall–Kier alpha value is -3.69. The van der Waals surface area contributed by atoms with Crippen molar-refractivity contribution < 1.29 is 36.3 Å². The van der Waals surface area contributed by atoms with E-state index in [9.17, 15) is 31.5 Å². The number of carbonyl (C=O) groups excluding carboxylic acids is 2. The topological polar surface area (TPSA) is 128 Å². The molecule has 5 heterocycles. The van der Waals surface area contributed by atoms with Crippen molar-refractivity contribution in [2.75, 3.05) is 19.8 Å². The smallest absolute Gasteiger partial charge is 0.381 e. The minimum Gasteiger partial charge on any atom is -0.381 e. The maximum absolute atomic E-state index is 14.1. The van der Waals surface area contributed by atoms with E-state index < -0.39 is 48.3 Å². The van der Waals surface area contributed by atoms with Crippen LogP contribution in [-0.4, -0.2) is 73.0 Å². The van der Waals surface area contributed by atoms with E-state index in [-0.39, 0.29) is 56.1 Å². The van der Waals surface area contributed by atoms with Gasteiger partial charge in [0.15, 0.2) is 0 Å². The van der Waals surface area contributed by atoms with Crippen molar-refractivity contribution in [2.24, 2.45) is 17.8 Å². The molecule has 1 saturated carbocycles. The highest BCUT2D eigenvalue weighted by Crippen LogP contribution is 2.42. The first-order valence-electron chi connectivity index (χ1n) is 15.8. The number of halogens is 5. The van der Waals surface area contributed by atoms with Gasteiger partial charge in [-0.05, 0) is 51.0 Å². The molecule has 11 nitrogen and oxygen atoms in total. The van der Waals surface area contributed by atoms with E-state index in [0.717, 1.165) is 6.42 Å². The van der Waals surface area contributed by atoms with Crippen molar-refractivity contribution >= 4 is 17.6 Å². The molecule has 2 aliphatic heterocycles. The van der Waals surface area contributed by atoms with Gasteiger partial charge < -0.3 is 15.4 Å². The molecular formula is C30H37F5N8O3.